The van der Waals surface area contributed by atoms with Gasteiger partial charge in [0, 0.05) is 11.6 Å². The summed E-state index contributed by atoms with van der Waals surface area (Å²) in [5.74, 6) is 1.24. The zero-order valence-electron chi connectivity index (χ0n) is 8.15. The van der Waals surface area contributed by atoms with Crippen LogP contribution in [0.25, 0.3) is 0 Å². The smallest absolute Gasteiger partial charge is 0.128 e. The summed E-state index contributed by atoms with van der Waals surface area (Å²) in [5.41, 5.74) is 6.24. The molecule has 0 amide bonds. The van der Waals surface area contributed by atoms with Crippen molar-refractivity contribution >= 4 is 0 Å². The predicted molar refractivity (Wildman–Crippen MR) is 52.1 cm³/mol. The molecule has 1 aromatic rings. The Kier molecular flexibility index (Phi) is 3.32. The fourth-order valence-electron chi connectivity index (χ4n) is 1.14. The van der Waals surface area contributed by atoms with Crippen LogP contribution in [-0.4, -0.2) is 14.2 Å². The lowest BCUT2D eigenvalue weighted by atomic mass is 10.1. The second-order valence-corrected chi connectivity index (χ2v) is 2.71. The molecule has 0 bridgehead atoms. The molecule has 4 heteroatoms. The lowest BCUT2D eigenvalue weighted by Crippen LogP contribution is -2.08. The van der Waals surface area contributed by atoms with Crippen LogP contribution in [0.4, 0.5) is 0 Å². The lowest BCUT2D eigenvalue weighted by molar-refractivity contribution is 0.390. The summed E-state index contributed by atoms with van der Waals surface area (Å²) in [5, 5.41) is 8.67. The molecule has 1 aromatic carbocycles. The highest BCUT2D eigenvalue weighted by atomic mass is 16.5. The van der Waals surface area contributed by atoms with Crippen LogP contribution in [-0.2, 0) is 0 Å². The molecule has 1 rings (SSSR count). The van der Waals surface area contributed by atoms with E-state index in [4.69, 9.17) is 20.5 Å². The first-order chi connectivity index (χ1) is 6.72. The second kappa shape index (κ2) is 4.49. The summed E-state index contributed by atoms with van der Waals surface area (Å²) < 4.78 is 10.1. The molecule has 0 saturated carbocycles. The molecule has 0 aliphatic carbocycles. The molecule has 14 heavy (non-hydrogen) atoms. The maximum absolute atomic E-state index is 8.67. The summed E-state index contributed by atoms with van der Waals surface area (Å²) in [6.07, 6.45) is 0. The van der Waals surface area contributed by atoms with E-state index >= 15 is 0 Å². The normalized spacial score (nSPS) is 11.6. The molecule has 0 heterocycles. The summed E-state index contributed by atoms with van der Waals surface area (Å²) in [7, 11) is 3.10. The van der Waals surface area contributed by atoms with Gasteiger partial charge >= 0.3 is 0 Å². The SMILES string of the molecule is COc1ccc([C@H](N)C#N)c(OC)c1. The number of methoxy groups -OCH3 is 2. The van der Waals surface area contributed by atoms with E-state index in [1.165, 1.54) is 7.11 Å². The van der Waals surface area contributed by atoms with Gasteiger partial charge in [-0.1, -0.05) is 0 Å². The van der Waals surface area contributed by atoms with Crippen molar-refractivity contribution in [1.82, 2.24) is 0 Å². The van der Waals surface area contributed by atoms with Gasteiger partial charge in [0.1, 0.15) is 17.5 Å². The van der Waals surface area contributed by atoms with Gasteiger partial charge < -0.3 is 15.2 Å². The Morgan fingerprint density at radius 3 is 2.57 bits per heavy atom. The number of ether oxygens (including phenoxy) is 2. The third kappa shape index (κ3) is 1.95. The Hall–Kier alpha value is -1.73. The third-order valence-electron chi connectivity index (χ3n) is 1.91. The first-order valence-corrected chi connectivity index (χ1v) is 4.10. The zero-order chi connectivity index (χ0) is 10.6. The minimum absolute atomic E-state index is 0.568. The van der Waals surface area contributed by atoms with Crippen LogP contribution < -0.4 is 15.2 Å². The number of hydrogen-bond acceptors (Lipinski definition) is 4. The molecule has 0 unspecified atom stereocenters. The van der Waals surface area contributed by atoms with Crippen molar-refractivity contribution < 1.29 is 9.47 Å². The van der Waals surface area contributed by atoms with E-state index in [1.807, 2.05) is 6.07 Å². The van der Waals surface area contributed by atoms with Crippen molar-refractivity contribution in [3.8, 4) is 17.6 Å². The van der Waals surface area contributed by atoms with Gasteiger partial charge in [0.15, 0.2) is 0 Å². The van der Waals surface area contributed by atoms with Crippen molar-refractivity contribution in [2.45, 2.75) is 6.04 Å². The van der Waals surface area contributed by atoms with Crippen molar-refractivity contribution in [2.75, 3.05) is 14.2 Å². The monoisotopic (exact) mass is 192 g/mol. The molecule has 0 aliphatic heterocycles. The highest BCUT2D eigenvalue weighted by Gasteiger charge is 2.11. The van der Waals surface area contributed by atoms with Gasteiger partial charge in [0.2, 0.25) is 0 Å². The zero-order valence-corrected chi connectivity index (χ0v) is 8.15. The maximum Gasteiger partial charge on any atom is 0.128 e. The average molecular weight is 192 g/mol. The van der Waals surface area contributed by atoms with Crippen LogP contribution in [0, 0.1) is 11.3 Å². The number of nitrogens with two attached hydrogens (primary N) is 1. The van der Waals surface area contributed by atoms with E-state index in [2.05, 4.69) is 0 Å². The van der Waals surface area contributed by atoms with E-state index < -0.39 is 6.04 Å². The number of rotatable bonds is 3. The van der Waals surface area contributed by atoms with Crippen molar-refractivity contribution in [3.63, 3.8) is 0 Å². The first-order valence-electron chi connectivity index (χ1n) is 4.10. The molecule has 74 valence electrons. The largest absolute Gasteiger partial charge is 0.497 e. The van der Waals surface area contributed by atoms with Gasteiger partial charge in [-0.2, -0.15) is 5.26 Å². The third-order valence-corrected chi connectivity index (χ3v) is 1.91. The Morgan fingerprint density at radius 2 is 2.07 bits per heavy atom. The minimum atomic E-state index is -0.671. The summed E-state index contributed by atoms with van der Waals surface area (Å²) in [4.78, 5) is 0. The van der Waals surface area contributed by atoms with Crippen LogP contribution in [0.1, 0.15) is 11.6 Å². The summed E-state index contributed by atoms with van der Waals surface area (Å²) in [6, 6.07) is 6.45. The first kappa shape index (κ1) is 10.4. The van der Waals surface area contributed by atoms with Crippen molar-refractivity contribution in [1.29, 1.82) is 5.26 Å². The number of hydrogen-bond donors (Lipinski definition) is 1. The molecular formula is C10H12N2O2. The van der Waals surface area contributed by atoms with Gasteiger partial charge in [0.05, 0.1) is 20.3 Å². The Balaban J connectivity index is 3.12. The number of nitrogens with zero attached hydrogens (tertiary/aromatic N) is 1. The standard InChI is InChI=1S/C10H12N2O2/c1-13-7-3-4-8(9(12)6-11)10(5-7)14-2/h3-5,9H,12H2,1-2H3/t9-/m1/s1. The van der Waals surface area contributed by atoms with Crippen molar-refractivity contribution in [3.05, 3.63) is 23.8 Å². The van der Waals surface area contributed by atoms with Gasteiger partial charge in [-0.25, -0.2) is 0 Å². The van der Waals surface area contributed by atoms with Gasteiger partial charge in [-0.05, 0) is 12.1 Å². The lowest BCUT2D eigenvalue weighted by Gasteiger charge is -2.11. The Bertz CT molecular complexity index is 358. The Morgan fingerprint density at radius 1 is 1.36 bits per heavy atom. The molecule has 4 nitrogen and oxygen atoms in total. The molecule has 0 aromatic heterocycles. The average Bonchev–Trinajstić information content (AvgIpc) is 2.27. The van der Waals surface area contributed by atoms with E-state index in [9.17, 15) is 0 Å². The van der Waals surface area contributed by atoms with E-state index in [0.29, 0.717) is 17.1 Å². The molecule has 2 N–H and O–H groups in total. The molecule has 1 atom stereocenters. The van der Waals surface area contributed by atoms with E-state index in [1.54, 1.807) is 25.3 Å². The number of nitriles is 1. The number of benzene rings is 1. The highest BCUT2D eigenvalue weighted by molar-refractivity contribution is 5.44. The van der Waals surface area contributed by atoms with Crippen LogP contribution in [0.2, 0.25) is 0 Å². The topological polar surface area (TPSA) is 68.3 Å². The van der Waals surface area contributed by atoms with E-state index in [0.717, 1.165) is 0 Å². The Labute approximate surface area is 82.9 Å². The fraction of sp³-hybridized carbons (Fsp3) is 0.300. The maximum atomic E-state index is 8.67. The van der Waals surface area contributed by atoms with E-state index in [-0.39, 0.29) is 0 Å². The second-order valence-electron chi connectivity index (χ2n) is 2.71. The molecule has 0 fully saturated rings. The van der Waals surface area contributed by atoms with Gasteiger partial charge in [0.25, 0.3) is 0 Å². The van der Waals surface area contributed by atoms with Crippen LogP contribution in [0.5, 0.6) is 11.5 Å². The summed E-state index contributed by atoms with van der Waals surface area (Å²) >= 11 is 0. The molecular weight excluding hydrogens is 180 g/mol. The molecule has 0 aliphatic rings. The fourth-order valence-corrected chi connectivity index (χ4v) is 1.14. The van der Waals surface area contributed by atoms with Crippen LogP contribution >= 0.6 is 0 Å². The van der Waals surface area contributed by atoms with Crippen LogP contribution in [0.15, 0.2) is 18.2 Å². The van der Waals surface area contributed by atoms with Gasteiger partial charge in [-0.15, -0.1) is 0 Å². The minimum Gasteiger partial charge on any atom is -0.497 e. The van der Waals surface area contributed by atoms with Crippen molar-refractivity contribution in [2.24, 2.45) is 5.73 Å². The quantitative estimate of drug-likeness (QED) is 0.782. The summed E-state index contributed by atoms with van der Waals surface area (Å²) in [6.45, 7) is 0. The molecule has 0 radical (unpaired) electrons. The molecule has 0 saturated heterocycles. The predicted octanol–water partition coefficient (Wildman–Crippen LogP) is 1.23. The molecule has 0 spiro atoms. The van der Waals surface area contributed by atoms with Gasteiger partial charge in [-0.3, -0.25) is 0 Å². The van der Waals surface area contributed by atoms with Crippen LogP contribution in [0.3, 0.4) is 0 Å². The highest BCUT2D eigenvalue weighted by Crippen LogP contribution is 2.27.